The van der Waals surface area contributed by atoms with Gasteiger partial charge in [-0.3, -0.25) is 4.79 Å². The first-order valence-electron chi connectivity index (χ1n) is 5.17. The molecule has 0 spiro atoms. The molecule has 0 aromatic carbocycles. The number of carbonyl (C=O) groups excluding carboxylic acids is 2. The number of hydrogen-bond donors (Lipinski definition) is 2. The maximum atomic E-state index is 11.5. The van der Waals surface area contributed by atoms with E-state index < -0.39 is 12.0 Å². The van der Waals surface area contributed by atoms with Crippen molar-refractivity contribution in [1.29, 1.82) is 0 Å². The number of rotatable bonds is 7. The van der Waals surface area contributed by atoms with E-state index in [1.807, 2.05) is 6.92 Å². The highest BCUT2D eigenvalue weighted by molar-refractivity contribution is 7.80. The SMILES string of the molecule is CCOCC(C)OC(=O)C(CS)NC(C)=O. The summed E-state index contributed by atoms with van der Waals surface area (Å²) in [5.41, 5.74) is 0. The molecule has 0 saturated heterocycles. The lowest BCUT2D eigenvalue weighted by Gasteiger charge is -2.18. The molecule has 94 valence electrons. The van der Waals surface area contributed by atoms with Crippen molar-refractivity contribution >= 4 is 24.5 Å². The van der Waals surface area contributed by atoms with Crippen LogP contribution in [0, 0.1) is 0 Å². The average molecular weight is 249 g/mol. The van der Waals surface area contributed by atoms with Crippen LogP contribution in [0.15, 0.2) is 0 Å². The van der Waals surface area contributed by atoms with E-state index in [4.69, 9.17) is 9.47 Å². The van der Waals surface area contributed by atoms with E-state index >= 15 is 0 Å². The predicted octanol–water partition coefficient (Wildman–Crippen LogP) is 0.389. The van der Waals surface area contributed by atoms with Crippen molar-refractivity contribution in [2.45, 2.75) is 32.9 Å². The maximum absolute atomic E-state index is 11.5. The molecule has 1 N–H and O–H groups in total. The number of carbonyl (C=O) groups is 2. The Morgan fingerprint density at radius 2 is 2.06 bits per heavy atom. The van der Waals surface area contributed by atoms with Crippen LogP contribution >= 0.6 is 12.6 Å². The number of thiol groups is 1. The van der Waals surface area contributed by atoms with Crippen molar-refractivity contribution in [3.05, 3.63) is 0 Å². The second-order valence-electron chi connectivity index (χ2n) is 3.34. The van der Waals surface area contributed by atoms with Crippen LogP contribution in [-0.4, -0.2) is 43.0 Å². The summed E-state index contributed by atoms with van der Waals surface area (Å²) in [6.45, 7) is 5.86. The van der Waals surface area contributed by atoms with E-state index in [0.29, 0.717) is 13.2 Å². The number of amides is 1. The van der Waals surface area contributed by atoms with Gasteiger partial charge in [0, 0.05) is 19.3 Å². The molecule has 0 aromatic heterocycles. The fourth-order valence-corrected chi connectivity index (χ4v) is 1.26. The number of nitrogens with one attached hydrogen (secondary N) is 1. The third-order valence-electron chi connectivity index (χ3n) is 1.72. The summed E-state index contributed by atoms with van der Waals surface area (Å²) >= 11 is 3.98. The highest BCUT2D eigenvalue weighted by Crippen LogP contribution is 1.98. The first-order valence-corrected chi connectivity index (χ1v) is 5.80. The predicted molar refractivity (Wildman–Crippen MR) is 63.5 cm³/mol. The molecule has 6 heteroatoms. The summed E-state index contributed by atoms with van der Waals surface area (Å²) < 4.78 is 10.2. The minimum absolute atomic E-state index is 0.208. The van der Waals surface area contributed by atoms with Gasteiger partial charge in [0.15, 0.2) is 0 Å². The lowest BCUT2D eigenvalue weighted by molar-refractivity contribution is -0.154. The van der Waals surface area contributed by atoms with Gasteiger partial charge in [-0.2, -0.15) is 12.6 Å². The van der Waals surface area contributed by atoms with Gasteiger partial charge >= 0.3 is 5.97 Å². The Hall–Kier alpha value is -0.750. The minimum Gasteiger partial charge on any atom is -0.459 e. The summed E-state index contributed by atoms with van der Waals surface area (Å²) in [5.74, 6) is -0.564. The highest BCUT2D eigenvalue weighted by Gasteiger charge is 2.21. The third-order valence-corrected chi connectivity index (χ3v) is 2.08. The molecular formula is C10H19NO4S. The smallest absolute Gasteiger partial charge is 0.329 e. The van der Waals surface area contributed by atoms with Crippen molar-refractivity contribution in [2.75, 3.05) is 19.0 Å². The molecule has 0 aromatic rings. The normalized spacial score (nSPS) is 14.0. The monoisotopic (exact) mass is 249 g/mol. The van der Waals surface area contributed by atoms with E-state index in [2.05, 4.69) is 17.9 Å². The van der Waals surface area contributed by atoms with Crippen LogP contribution < -0.4 is 5.32 Å². The topological polar surface area (TPSA) is 64.6 Å². The van der Waals surface area contributed by atoms with E-state index in [9.17, 15) is 9.59 Å². The second kappa shape index (κ2) is 8.41. The van der Waals surface area contributed by atoms with Gasteiger partial charge in [-0.1, -0.05) is 0 Å². The summed E-state index contributed by atoms with van der Waals surface area (Å²) in [6, 6.07) is -0.704. The van der Waals surface area contributed by atoms with Gasteiger partial charge in [0.25, 0.3) is 0 Å². The molecule has 0 aliphatic heterocycles. The Kier molecular flexibility index (Phi) is 8.01. The molecule has 0 heterocycles. The number of ether oxygens (including phenoxy) is 2. The zero-order valence-electron chi connectivity index (χ0n) is 9.86. The molecule has 1 amide bonds. The highest BCUT2D eigenvalue weighted by atomic mass is 32.1. The second-order valence-corrected chi connectivity index (χ2v) is 3.71. The average Bonchev–Trinajstić information content (AvgIpc) is 2.22. The molecule has 0 radical (unpaired) electrons. The molecule has 0 fully saturated rings. The van der Waals surface area contributed by atoms with E-state index in [1.165, 1.54) is 6.92 Å². The number of hydrogen-bond acceptors (Lipinski definition) is 5. The van der Waals surface area contributed by atoms with Crippen molar-refractivity contribution < 1.29 is 19.1 Å². The zero-order valence-corrected chi connectivity index (χ0v) is 10.8. The maximum Gasteiger partial charge on any atom is 0.329 e. The van der Waals surface area contributed by atoms with Gasteiger partial charge in [0.2, 0.25) is 5.91 Å². The Morgan fingerprint density at radius 1 is 1.44 bits per heavy atom. The van der Waals surface area contributed by atoms with E-state index in [0.717, 1.165) is 0 Å². The van der Waals surface area contributed by atoms with Crippen molar-refractivity contribution in [2.24, 2.45) is 0 Å². The molecule has 16 heavy (non-hydrogen) atoms. The van der Waals surface area contributed by atoms with Crippen LogP contribution in [-0.2, 0) is 19.1 Å². The molecular weight excluding hydrogens is 230 g/mol. The van der Waals surface area contributed by atoms with Crippen LogP contribution in [0.4, 0.5) is 0 Å². The summed E-state index contributed by atoms with van der Waals surface area (Å²) in [7, 11) is 0. The van der Waals surface area contributed by atoms with Crippen LogP contribution in [0.25, 0.3) is 0 Å². The molecule has 0 aliphatic rings. The van der Waals surface area contributed by atoms with Gasteiger partial charge in [-0.05, 0) is 13.8 Å². The van der Waals surface area contributed by atoms with Crippen molar-refractivity contribution in [3.63, 3.8) is 0 Å². The molecule has 5 nitrogen and oxygen atoms in total. The minimum atomic E-state index is -0.704. The van der Waals surface area contributed by atoms with Gasteiger partial charge in [0.05, 0.1) is 6.61 Å². The van der Waals surface area contributed by atoms with Gasteiger partial charge < -0.3 is 14.8 Å². The molecule has 0 aliphatic carbocycles. The first kappa shape index (κ1) is 15.2. The Balaban J connectivity index is 4.04. The lowest BCUT2D eigenvalue weighted by atomic mass is 10.3. The van der Waals surface area contributed by atoms with Gasteiger partial charge in [-0.15, -0.1) is 0 Å². The van der Waals surface area contributed by atoms with Crippen LogP contribution in [0.1, 0.15) is 20.8 Å². The van der Waals surface area contributed by atoms with E-state index in [1.54, 1.807) is 6.92 Å². The number of esters is 1. The zero-order chi connectivity index (χ0) is 12.6. The first-order chi connectivity index (χ1) is 7.51. The van der Waals surface area contributed by atoms with Crippen LogP contribution in [0.2, 0.25) is 0 Å². The summed E-state index contributed by atoms with van der Waals surface area (Å²) in [5, 5.41) is 2.46. The molecule has 0 saturated carbocycles. The largest absolute Gasteiger partial charge is 0.459 e. The Bertz CT molecular complexity index is 235. The fourth-order valence-electron chi connectivity index (χ4n) is 1.02. The quantitative estimate of drug-likeness (QED) is 0.506. The molecule has 2 unspecified atom stereocenters. The Morgan fingerprint density at radius 3 is 2.50 bits per heavy atom. The van der Waals surface area contributed by atoms with Crippen molar-refractivity contribution in [1.82, 2.24) is 5.32 Å². The molecule has 2 atom stereocenters. The standard InChI is InChI=1S/C10H19NO4S/c1-4-14-5-7(2)15-10(13)9(6-16)11-8(3)12/h7,9,16H,4-6H2,1-3H3,(H,11,12). The molecule has 0 bridgehead atoms. The Labute approximate surface area is 101 Å². The lowest BCUT2D eigenvalue weighted by Crippen LogP contribution is -2.43. The third kappa shape index (κ3) is 6.68. The van der Waals surface area contributed by atoms with Crippen LogP contribution in [0.3, 0.4) is 0 Å². The molecule has 0 rings (SSSR count). The van der Waals surface area contributed by atoms with Crippen LogP contribution in [0.5, 0.6) is 0 Å². The van der Waals surface area contributed by atoms with Gasteiger partial charge in [0.1, 0.15) is 12.1 Å². The fraction of sp³-hybridized carbons (Fsp3) is 0.800. The van der Waals surface area contributed by atoms with Gasteiger partial charge in [-0.25, -0.2) is 4.79 Å². The van der Waals surface area contributed by atoms with E-state index in [-0.39, 0.29) is 17.8 Å². The summed E-state index contributed by atoms with van der Waals surface area (Å²) in [4.78, 5) is 22.3. The summed E-state index contributed by atoms with van der Waals surface area (Å²) in [6.07, 6.45) is -0.330. The van der Waals surface area contributed by atoms with Crippen molar-refractivity contribution in [3.8, 4) is 0 Å².